The fourth-order valence-corrected chi connectivity index (χ4v) is 6.09. The Hall–Kier alpha value is -2.53. The third-order valence-electron chi connectivity index (χ3n) is 7.54. The Morgan fingerprint density at radius 3 is 2.81 bits per heavy atom. The van der Waals surface area contributed by atoms with E-state index in [2.05, 4.69) is 11.1 Å². The largest absolute Gasteiger partial charge is 0.462 e. The van der Waals surface area contributed by atoms with Gasteiger partial charge in [0.1, 0.15) is 11.9 Å². The van der Waals surface area contributed by atoms with Crippen molar-refractivity contribution in [1.82, 2.24) is 4.98 Å². The molecule has 2 aromatic rings. The quantitative estimate of drug-likeness (QED) is 0.715. The highest BCUT2D eigenvalue weighted by molar-refractivity contribution is 5.75. The molecule has 2 aliphatic carbocycles. The van der Waals surface area contributed by atoms with Crippen LogP contribution in [0.1, 0.15) is 37.8 Å². The molecule has 0 bridgehead atoms. The Labute approximate surface area is 182 Å². The Balaban J connectivity index is 1.40. The molecule has 3 fully saturated rings. The van der Waals surface area contributed by atoms with Gasteiger partial charge in [-0.2, -0.15) is 0 Å². The highest BCUT2D eigenvalue weighted by Gasteiger charge is 2.54. The number of nitrogens with zero attached hydrogens (tertiary/aromatic N) is 1. The van der Waals surface area contributed by atoms with Crippen molar-refractivity contribution in [2.45, 2.75) is 38.2 Å². The summed E-state index contributed by atoms with van der Waals surface area (Å²) in [5.74, 6) is 0.427. The number of esters is 1. The number of rotatable bonds is 4. The van der Waals surface area contributed by atoms with E-state index in [-0.39, 0.29) is 36.3 Å². The van der Waals surface area contributed by atoms with Gasteiger partial charge < -0.3 is 9.84 Å². The lowest BCUT2D eigenvalue weighted by Gasteiger charge is -2.46. The Morgan fingerprint density at radius 2 is 2.03 bits per heavy atom. The van der Waals surface area contributed by atoms with Gasteiger partial charge in [0.2, 0.25) is 0 Å². The van der Waals surface area contributed by atoms with Crippen LogP contribution in [0.4, 0.5) is 4.39 Å². The van der Waals surface area contributed by atoms with Crippen LogP contribution in [0.15, 0.2) is 48.7 Å². The summed E-state index contributed by atoms with van der Waals surface area (Å²) in [6, 6.07) is 10.4. The molecule has 4 nitrogen and oxygen atoms in total. The van der Waals surface area contributed by atoms with Crippen molar-refractivity contribution in [1.29, 1.82) is 0 Å². The van der Waals surface area contributed by atoms with E-state index in [0.29, 0.717) is 11.8 Å². The third-order valence-corrected chi connectivity index (χ3v) is 7.54. The van der Waals surface area contributed by atoms with Crippen LogP contribution < -0.4 is 0 Å². The SMILES string of the molecule is O=C1OC2CC3CCCCC3C(/C=C/c3ccc(-c4cccc(F)c4)cn3)C2C1CO. The number of fused-ring (bicyclic) bond motifs is 2. The number of aromatic nitrogens is 1. The maximum atomic E-state index is 13.5. The maximum Gasteiger partial charge on any atom is 0.312 e. The fraction of sp³-hybridized carbons (Fsp3) is 0.462. The standard InChI is InChI=1S/C26H28FNO3/c27-19-6-3-5-16(12-19)18-8-9-20(28-14-18)10-11-22-21-7-2-1-4-17(21)13-24-25(22)23(15-29)26(30)31-24/h3,5-6,8-12,14,17,21-25,29H,1-2,4,7,13,15H2/b11-10+. The molecule has 31 heavy (non-hydrogen) atoms. The number of allylic oxidation sites excluding steroid dienone is 1. The van der Waals surface area contributed by atoms with Crippen molar-refractivity contribution < 1.29 is 19.0 Å². The predicted molar refractivity (Wildman–Crippen MR) is 116 cm³/mol. The number of carbonyl (C=O) groups is 1. The minimum atomic E-state index is -0.425. The summed E-state index contributed by atoms with van der Waals surface area (Å²) >= 11 is 0. The van der Waals surface area contributed by atoms with Crippen molar-refractivity contribution in [2.75, 3.05) is 6.61 Å². The smallest absolute Gasteiger partial charge is 0.312 e. The van der Waals surface area contributed by atoms with Gasteiger partial charge in [-0.1, -0.05) is 43.5 Å². The fourth-order valence-electron chi connectivity index (χ4n) is 6.09. The Morgan fingerprint density at radius 1 is 1.16 bits per heavy atom. The maximum absolute atomic E-state index is 13.5. The molecule has 3 aliphatic rings. The van der Waals surface area contributed by atoms with Gasteiger partial charge in [0, 0.05) is 17.7 Å². The summed E-state index contributed by atoms with van der Waals surface area (Å²) in [5.41, 5.74) is 2.51. The average Bonchev–Trinajstić information content (AvgIpc) is 3.11. The molecule has 1 aromatic heterocycles. The number of hydrogen-bond donors (Lipinski definition) is 1. The molecule has 6 unspecified atom stereocenters. The van der Waals surface area contributed by atoms with Crippen LogP contribution in [0, 0.1) is 35.4 Å². The average molecular weight is 422 g/mol. The second-order valence-electron chi connectivity index (χ2n) is 9.20. The first-order valence-electron chi connectivity index (χ1n) is 11.4. The molecule has 0 amide bonds. The van der Waals surface area contributed by atoms with E-state index in [1.54, 1.807) is 12.3 Å². The van der Waals surface area contributed by atoms with Gasteiger partial charge in [-0.05, 0) is 60.4 Å². The summed E-state index contributed by atoms with van der Waals surface area (Å²) in [6.45, 7) is -0.150. The normalized spacial score (nSPS) is 32.5. The van der Waals surface area contributed by atoms with Crippen LogP contribution in [0.25, 0.3) is 17.2 Å². The molecule has 6 atom stereocenters. The molecule has 2 saturated carbocycles. The van der Waals surface area contributed by atoms with Crippen LogP contribution in [-0.2, 0) is 9.53 Å². The number of hydrogen-bond acceptors (Lipinski definition) is 4. The van der Waals surface area contributed by atoms with Gasteiger partial charge in [0.15, 0.2) is 0 Å². The number of benzene rings is 1. The zero-order valence-corrected chi connectivity index (χ0v) is 17.5. The first-order chi connectivity index (χ1) is 15.1. The second-order valence-corrected chi connectivity index (χ2v) is 9.20. The summed E-state index contributed by atoms with van der Waals surface area (Å²) in [7, 11) is 0. The van der Waals surface area contributed by atoms with Crippen molar-refractivity contribution in [3.05, 3.63) is 60.2 Å². The summed E-state index contributed by atoms with van der Waals surface area (Å²) in [4.78, 5) is 16.9. The molecule has 0 radical (unpaired) electrons. The molecular formula is C26H28FNO3. The van der Waals surface area contributed by atoms with Gasteiger partial charge in [0.05, 0.1) is 18.2 Å². The summed E-state index contributed by atoms with van der Waals surface area (Å²) < 4.78 is 19.2. The lowest BCUT2D eigenvalue weighted by atomic mass is 9.58. The molecule has 2 heterocycles. The van der Waals surface area contributed by atoms with Gasteiger partial charge >= 0.3 is 5.97 Å². The van der Waals surface area contributed by atoms with E-state index in [0.717, 1.165) is 23.2 Å². The molecule has 1 saturated heterocycles. The summed E-state index contributed by atoms with van der Waals surface area (Å²) in [5, 5.41) is 9.87. The van der Waals surface area contributed by atoms with Crippen LogP contribution in [0.3, 0.4) is 0 Å². The number of ether oxygens (including phenoxy) is 1. The van der Waals surface area contributed by atoms with Crippen LogP contribution >= 0.6 is 0 Å². The first kappa shape index (κ1) is 20.4. The molecule has 1 aromatic carbocycles. The van der Waals surface area contributed by atoms with Crippen molar-refractivity contribution in [3.63, 3.8) is 0 Å². The first-order valence-corrected chi connectivity index (χ1v) is 11.4. The van der Waals surface area contributed by atoms with Crippen LogP contribution in [0.2, 0.25) is 0 Å². The van der Waals surface area contributed by atoms with Crippen molar-refractivity contribution in [3.8, 4) is 11.1 Å². The Kier molecular flexibility index (Phi) is 5.61. The lowest BCUT2D eigenvalue weighted by molar-refractivity contribution is -0.146. The molecular weight excluding hydrogens is 393 g/mol. The highest BCUT2D eigenvalue weighted by atomic mass is 19.1. The van der Waals surface area contributed by atoms with Gasteiger partial charge in [-0.25, -0.2) is 4.39 Å². The molecule has 1 N–H and O–H groups in total. The second kappa shape index (κ2) is 8.54. The van der Waals surface area contributed by atoms with Gasteiger partial charge in [-0.15, -0.1) is 0 Å². The number of pyridine rings is 1. The van der Waals surface area contributed by atoms with Crippen LogP contribution in [0.5, 0.6) is 0 Å². The predicted octanol–water partition coefficient (Wildman–Crippen LogP) is 4.88. The van der Waals surface area contributed by atoms with E-state index < -0.39 is 5.92 Å². The van der Waals surface area contributed by atoms with Crippen molar-refractivity contribution >= 4 is 12.0 Å². The molecule has 5 rings (SSSR count). The molecule has 1 aliphatic heterocycles. The Bertz CT molecular complexity index is 973. The highest BCUT2D eigenvalue weighted by Crippen LogP contribution is 2.52. The van der Waals surface area contributed by atoms with Crippen molar-refractivity contribution in [2.24, 2.45) is 29.6 Å². The topological polar surface area (TPSA) is 59.4 Å². The lowest BCUT2D eigenvalue weighted by Crippen LogP contribution is -2.44. The van der Waals surface area contributed by atoms with E-state index in [9.17, 15) is 14.3 Å². The van der Waals surface area contributed by atoms with Gasteiger partial charge in [-0.3, -0.25) is 9.78 Å². The number of aliphatic hydroxyl groups excluding tert-OH is 1. The minimum Gasteiger partial charge on any atom is -0.462 e. The number of halogens is 1. The van der Waals surface area contributed by atoms with Crippen LogP contribution in [-0.4, -0.2) is 28.8 Å². The van der Waals surface area contributed by atoms with Gasteiger partial charge in [0.25, 0.3) is 0 Å². The molecule has 162 valence electrons. The van der Waals surface area contributed by atoms with E-state index in [1.807, 2.05) is 24.3 Å². The number of carbonyl (C=O) groups excluding carboxylic acids is 1. The molecule has 5 heteroatoms. The van der Waals surface area contributed by atoms with E-state index in [1.165, 1.54) is 37.8 Å². The zero-order valence-electron chi connectivity index (χ0n) is 17.5. The minimum absolute atomic E-state index is 0.0414. The van der Waals surface area contributed by atoms with E-state index >= 15 is 0 Å². The number of aliphatic hydroxyl groups is 1. The monoisotopic (exact) mass is 421 g/mol. The molecule has 0 spiro atoms. The third kappa shape index (κ3) is 3.91. The summed E-state index contributed by atoms with van der Waals surface area (Å²) in [6.07, 6.45) is 11.7. The van der Waals surface area contributed by atoms with E-state index in [4.69, 9.17) is 4.74 Å². The zero-order chi connectivity index (χ0) is 21.4.